The molecule has 2 aromatic rings. The van der Waals surface area contributed by atoms with E-state index in [1.165, 1.54) is 12.8 Å². The molecule has 1 atom stereocenters. The topological polar surface area (TPSA) is 59.9 Å². The van der Waals surface area contributed by atoms with Gasteiger partial charge in [-0.2, -0.15) is 0 Å². The summed E-state index contributed by atoms with van der Waals surface area (Å²) in [5, 5.41) is 7.02. The molecule has 4 rings (SSSR count). The van der Waals surface area contributed by atoms with Gasteiger partial charge in [0, 0.05) is 6.42 Å². The number of benzene rings is 2. The average Bonchev–Trinajstić information content (AvgIpc) is 3.36. The van der Waals surface area contributed by atoms with Gasteiger partial charge in [-0.1, -0.05) is 47.6 Å². The summed E-state index contributed by atoms with van der Waals surface area (Å²) in [6.07, 6.45) is 4.63. The van der Waals surface area contributed by atoms with Gasteiger partial charge in [0.25, 0.3) is 5.91 Å². The number of rotatable bonds is 5. The Morgan fingerprint density at radius 1 is 1.04 bits per heavy atom. The molecule has 0 bridgehead atoms. The van der Waals surface area contributed by atoms with Gasteiger partial charge in [0.05, 0.1) is 17.5 Å². The van der Waals surface area contributed by atoms with Crippen LogP contribution in [-0.4, -0.2) is 23.8 Å². The number of oxime groups is 1. The lowest BCUT2D eigenvalue weighted by molar-refractivity contribution is -0.125. The predicted octanol–water partition coefficient (Wildman–Crippen LogP) is 4.14. The van der Waals surface area contributed by atoms with Crippen LogP contribution < -0.4 is 10.1 Å². The number of carbonyl (C=O) groups is 1. The Bertz CT molecular complexity index is 798. The van der Waals surface area contributed by atoms with Gasteiger partial charge in [0.1, 0.15) is 5.75 Å². The summed E-state index contributed by atoms with van der Waals surface area (Å²) in [5.74, 6) is 0.511. The Morgan fingerprint density at radius 2 is 1.77 bits per heavy atom. The predicted molar refractivity (Wildman–Crippen MR) is 100 cm³/mol. The molecule has 1 aliphatic carbocycles. The van der Waals surface area contributed by atoms with Crippen LogP contribution in [0.15, 0.2) is 59.8 Å². The quantitative estimate of drug-likeness (QED) is 0.882. The number of nitrogens with one attached hydrogen (secondary N) is 1. The van der Waals surface area contributed by atoms with Gasteiger partial charge in [-0.25, -0.2) is 0 Å². The van der Waals surface area contributed by atoms with Crippen LogP contribution in [0.1, 0.15) is 37.7 Å². The molecule has 0 unspecified atom stereocenters. The zero-order chi connectivity index (χ0) is 17.8. The molecular weight excluding hydrogens is 328 g/mol. The highest BCUT2D eigenvalue weighted by Gasteiger charge is 2.29. The lowest BCUT2D eigenvalue weighted by Gasteiger charge is -2.17. The van der Waals surface area contributed by atoms with Crippen LogP contribution in [0.5, 0.6) is 5.75 Å². The summed E-state index contributed by atoms with van der Waals surface area (Å²) in [5.41, 5.74) is 2.45. The first kappa shape index (κ1) is 16.6. The third kappa shape index (κ3) is 3.72. The molecule has 0 aromatic heterocycles. The van der Waals surface area contributed by atoms with Crippen LogP contribution in [0.25, 0.3) is 0 Å². The zero-order valence-electron chi connectivity index (χ0n) is 14.6. The summed E-state index contributed by atoms with van der Waals surface area (Å²) < 4.78 is 6.08. The smallest absolute Gasteiger partial charge is 0.268 e. The van der Waals surface area contributed by atoms with E-state index >= 15 is 0 Å². The van der Waals surface area contributed by atoms with Crippen LogP contribution in [0.2, 0.25) is 0 Å². The SMILES string of the molecule is O=C(Nc1ccccc1OC1CCCC1)[C@H]1CC(c2ccccc2)=NO1. The van der Waals surface area contributed by atoms with E-state index < -0.39 is 6.10 Å². The number of hydrogen-bond donors (Lipinski definition) is 1. The Balaban J connectivity index is 1.40. The van der Waals surface area contributed by atoms with Crippen molar-refractivity contribution in [1.29, 1.82) is 0 Å². The maximum absolute atomic E-state index is 12.6. The monoisotopic (exact) mass is 350 g/mol. The number of hydrogen-bond acceptors (Lipinski definition) is 4. The average molecular weight is 350 g/mol. The number of para-hydroxylation sites is 2. The summed E-state index contributed by atoms with van der Waals surface area (Å²) in [6.45, 7) is 0. The van der Waals surface area contributed by atoms with E-state index in [0.29, 0.717) is 12.1 Å². The standard InChI is InChI=1S/C21H22N2O3/c24-21(20-14-18(23-26-20)15-8-2-1-3-9-15)22-17-12-6-7-13-19(17)25-16-10-4-5-11-16/h1-3,6-9,12-13,16,20H,4-5,10-11,14H2,(H,22,24)/t20-/m1/s1. The van der Waals surface area contributed by atoms with Crippen molar-refractivity contribution in [3.05, 3.63) is 60.2 Å². The van der Waals surface area contributed by atoms with Crippen molar-refractivity contribution >= 4 is 17.3 Å². The summed E-state index contributed by atoms with van der Waals surface area (Å²) in [6, 6.07) is 17.3. The Hall–Kier alpha value is -2.82. The summed E-state index contributed by atoms with van der Waals surface area (Å²) >= 11 is 0. The van der Waals surface area contributed by atoms with Crippen molar-refractivity contribution in [2.45, 2.75) is 44.3 Å². The van der Waals surface area contributed by atoms with Crippen molar-refractivity contribution in [3.63, 3.8) is 0 Å². The van der Waals surface area contributed by atoms with Crippen LogP contribution in [0, 0.1) is 0 Å². The first-order valence-electron chi connectivity index (χ1n) is 9.14. The van der Waals surface area contributed by atoms with E-state index in [1.807, 2.05) is 54.6 Å². The second kappa shape index (κ2) is 7.60. The Labute approximate surface area is 153 Å². The first-order valence-corrected chi connectivity index (χ1v) is 9.14. The molecule has 0 saturated heterocycles. The minimum atomic E-state index is -0.621. The number of ether oxygens (including phenoxy) is 1. The van der Waals surface area contributed by atoms with Crippen molar-refractivity contribution in [1.82, 2.24) is 0 Å². The van der Waals surface area contributed by atoms with Crippen LogP contribution >= 0.6 is 0 Å². The lowest BCUT2D eigenvalue weighted by Crippen LogP contribution is -2.28. The third-order valence-corrected chi connectivity index (χ3v) is 4.81. The molecule has 0 spiro atoms. The molecule has 1 N–H and O–H groups in total. The second-order valence-electron chi connectivity index (χ2n) is 6.71. The molecule has 1 amide bonds. The van der Waals surface area contributed by atoms with Gasteiger partial charge in [0.15, 0.2) is 0 Å². The van der Waals surface area contributed by atoms with Crippen molar-refractivity contribution < 1.29 is 14.4 Å². The molecular formula is C21H22N2O3. The van der Waals surface area contributed by atoms with E-state index in [9.17, 15) is 4.79 Å². The molecule has 2 aromatic carbocycles. The van der Waals surface area contributed by atoms with Crippen molar-refractivity contribution in [2.75, 3.05) is 5.32 Å². The molecule has 1 aliphatic heterocycles. The highest BCUT2D eigenvalue weighted by atomic mass is 16.6. The summed E-state index contributed by atoms with van der Waals surface area (Å²) in [4.78, 5) is 18.0. The molecule has 26 heavy (non-hydrogen) atoms. The van der Waals surface area contributed by atoms with Gasteiger partial charge < -0.3 is 14.9 Å². The fourth-order valence-electron chi connectivity index (χ4n) is 3.39. The van der Waals surface area contributed by atoms with Gasteiger partial charge in [0.2, 0.25) is 6.10 Å². The van der Waals surface area contributed by atoms with E-state index in [1.54, 1.807) is 0 Å². The molecule has 5 heteroatoms. The highest BCUT2D eigenvalue weighted by molar-refractivity contribution is 6.06. The van der Waals surface area contributed by atoms with Gasteiger partial charge >= 0.3 is 0 Å². The van der Waals surface area contributed by atoms with Crippen LogP contribution in [0.4, 0.5) is 5.69 Å². The highest BCUT2D eigenvalue weighted by Crippen LogP contribution is 2.30. The van der Waals surface area contributed by atoms with Crippen LogP contribution in [0.3, 0.4) is 0 Å². The van der Waals surface area contributed by atoms with Gasteiger partial charge in [-0.3, -0.25) is 4.79 Å². The first-order chi connectivity index (χ1) is 12.8. The number of anilines is 1. The number of nitrogens with zero attached hydrogens (tertiary/aromatic N) is 1. The fourth-order valence-corrected chi connectivity index (χ4v) is 3.39. The van der Waals surface area contributed by atoms with E-state index in [0.717, 1.165) is 29.9 Å². The van der Waals surface area contributed by atoms with Crippen molar-refractivity contribution in [3.8, 4) is 5.75 Å². The fraction of sp³-hybridized carbons (Fsp3) is 0.333. The maximum atomic E-state index is 12.6. The van der Waals surface area contributed by atoms with Crippen molar-refractivity contribution in [2.24, 2.45) is 5.16 Å². The molecule has 1 heterocycles. The maximum Gasteiger partial charge on any atom is 0.268 e. The number of carbonyl (C=O) groups excluding carboxylic acids is 1. The minimum absolute atomic E-state index is 0.206. The van der Waals surface area contributed by atoms with Gasteiger partial charge in [-0.05, 0) is 43.4 Å². The van der Waals surface area contributed by atoms with E-state index in [-0.39, 0.29) is 12.0 Å². The Morgan fingerprint density at radius 3 is 2.58 bits per heavy atom. The van der Waals surface area contributed by atoms with Gasteiger partial charge in [-0.15, -0.1) is 0 Å². The molecule has 2 aliphatic rings. The van der Waals surface area contributed by atoms with Crippen LogP contribution in [-0.2, 0) is 9.63 Å². The minimum Gasteiger partial charge on any atom is -0.488 e. The third-order valence-electron chi connectivity index (χ3n) is 4.81. The molecule has 1 fully saturated rings. The largest absolute Gasteiger partial charge is 0.488 e. The molecule has 0 radical (unpaired) electrons. The second-order valence-corrected chi connectivity index (χ2v) is 6.71. The normalized spacial score (nSPS) is 19.7. The lowest BCUT2D eigenvalue weighted by atomic mass is 10.0. The zero-order valence-corrected chi connectivity index (χ0v) is 14.6. The molecule has 1 saturated carbocycles. The Kier molecular flexibility index (Phi) is 4.86. The summed E-state index contributed by atoms with van der Waals surface area (Å²) in [7, 11) is 0. The number of amides is 1. The molecule has 134 valence electrons. The van der Waals surface area contributed by atoms with E-state index in [2.05, 4.69) is 10.5 Å². The van der Waals surface area contributed by atoms with E-state index in [4.69, 9.17) is 9.57 Å². The molecule has 5 nitrogen and oxygen atoms in total.